The number of methoxy groups -OCH3 is 1. The fourth-order valence-corrected chi connectivity index (χ4v) is 3.75. The van der Waals surface area contributed by atoms with Gasteiger partial charge in [-0.2, -0.15) is 0 Å². The van der Waals surface area contributed by atoms with E-state index in [1.807, 2.05) is 7.11 Å². The van der Waals surface area contributed by atoms with Crippen LogP contribution in [0.3, 0.4) is 0 Å². The van der Waals surface area contributed by atoms with Gasteiger partial charge in [-0.1, -0.05) is 65.2 Å². The highest BCUT2D eigenvalue weighted by Crippen LogP contribution is 2.38. The van der Waals surface area contributed by atoms with Gasteiger partial charge in [0.1, 0.15) is 0 Å². The molecular formula is C20H41NO. The van der Waals surface area contributed by atoms with Gasteiger partial charge in [0.25, 0.3) is 0 Å². The Labute approximate surface area is 140 Å². The lowest BCUT2D eigenvalue weighted by molar-refractivity contribution is 0.0432. The van der Waals surface area contributed by atoms with Crippen molar-refractivity contribution in [3.8, 4) is 0 Å². The third-order valence-corrected chi connectivity index (χ3v) is 5.36. The Kier molecular flexibility index (Phi) is 10.4. The smallest absolute Gasteiger partial charge is 0.0589 e. The number of ether oxygens (including phenoxy) is 1. The van der Waals surface area contributed by atoms with E-state index in [9.17, 15) is 0 Å². The first-order valence-corrected chi connectivity index (χ1v) is 9.93. The highest BCUT2D eigenvalue weighted by atomic mass is 16.5. The van der Waals surface area contributed by atoms with Crippen LogP contribution in [0.15, 0.2) is 0 Å². The van der Waals surface area contributed by atoms with Crippen molar-refractivity contribution in [1.29, 1.82) is 0 Å². The fraction of sp³-hybridized carbons (Fsp3) is 1.00. The highest BCUT2D eigenvalue weighted by Gasteiger charge is 2.40. The zero-order chi connectivity index (χ0) is 16.3. The summed E-state index contributed by atoms with van der Waals surface area (Å²) in [7, 11) is 1.84. The van der Waals surface area contributed by atoms with Crippen LogP contribution in [0.2, 0.25) is 0 Å². The van der Waals surface area contributed by atoms with Crippen molar-refractivity contribution >= 4 is 0 Å². The van der Waals surface area contributed by atoms with Crippen LogP contribution in [0.1, 0.15) is 97.8 Å². The number of rotatable bonds is 15. The van der Waals surface area contributed by atoms with Crippen LogP contribution < -0.4 is 0 Å². The van der Waals surface area contributed by atoms with E-state index in [1.165, 1.54) is 77.0 Å². The van der Waals surface area contributed by atoms with Crippen molar-refractivity contribution in [3.63, 3.8) is 0 Å². The number of unbranched alkanes of at least 4 members (excludes halogenated alkanes) is 6. The maximum atomic E-state index is 5.39. The van der Waals surface area contributed by atoms with E-state index in [0.717, 1.165) is 19.2 Å². The summed E-state index contributed by atoms with van der Waals surface area (Å²) in [4.78, 5) is 2.81. The van der Waals surface area contributed by atoms with Gasteiger partial charge in [0.2, 0.25) is 0 Å². The molecule has 0 saturated heterocycles. The molecule has 22 heavy (non-hydrogen) atoms. The quantitative estimate of drug-likeness (QED) is 0.355. The molecule has 0 heterocycles. The van der Waals surface area contributed by atoms with Gasteiger partial charge in [-0.15, -0.1) is 0 Å². The van der Waals surface area contributed by atoms with Crippen LogP contribution in [0, 0.1) is 0 Å². The molecule has 0 atom stereocenters. The van der Waals surface area contributed by atoms with E-state index in [0.29, 0.717) is 5.54 Å². The minimum absolute atomic E-state index is 0.404. The number of nitrogens with zero attached hydrogens (tertiary/aromatic N) is 1. The molecule has 0 aliphatic heterocycles. The zero-order valence-electron chi connectivity index (χ0n) is 15.8. The van der Waals surface area contributed by atoms with Crippen molar-refractivity contribution in [2.75, 3.05) is 20.3 Å². The Morgan fingerprint density at radius 1 is 0.909 bits per heavy atom. The van der Waals surface area contributed by atoms with Crippen LogP contribution >= 0.6 is 0 Å². The molecule has 1 rings (SSSR count). The Morgan fingerprint density at radius 3 is 1.86 bits per heavy atom. The van der Waals surface area contributed by atoms with E-state index in [4.69, 9.17) is 4.74 Å². The lowest BCUT2D eigenvalue weighted by Crippen LogP contribution is -2.49. The molecule has 0 bridgehead atoms. The summed E-state index contributed by atoms with van der Waals surface area (Å²) in [5.74, 6) is 0. The van der Waals surface area contributed by atoms with Crippen molar-refractivity contribution < 1.29 is 4.74 Å². The lowest BCUT2D eigenvalue weighted by atomic mass is 9.86. The van der Waals surface area contributed by atoms with E-state index < -0.39 is 0 Å². The molecule has 1 aliphatic carbocycles. The fourth-order valence-electron chi connectivity index (χ4n) is 3.75. The average Bonchev–Trinajstić information content (AvgIpc) is 3.33. The average molecular weight is 312 g/mol. The van der Waals surface area contributed by atoms with E-state index in [2.05, 4.69) is 25.7 Å². The van der Waals surface area contributed by atoms with Crippen LogP contribution in [-0.4, -0.2) is 36.7 Å². The maximum Gasteiger partial charge on any atom is 0.0589 e. The van der Waals surface area contributed by atoms with Gasteiger partial charge in [-0.3, -0.25) is 4.90 Å². The molecule has 0 spiro atoms. The summed E-state index contributed by atoms with van der Waals surface area (Å²) in [6.07, 6.45) is 16.6. The maximum absolute atomic E-state index is 5.39. The number of hydrogen-bond donors (Lipinski definition) is 0. The van der Waals surface area contributed by atoms with Crippen LogP contribution in [0.4, 0.5) is 0 Å². The van der Waals surface area contributed by atoms with E-state index >= 15 is 0 Å². The van der Waals surface area contributed by atoms with Gasteiger partial charge in [-0.25, -0.2) is 0 Å². The van der Waals surface area contributed by atoms with Gasteiger partial charge in [-0.05, 0) is 32.6 Å². The van der Waals surface area contributed by atoms with E-state index in [-0.39, 0.29) is 0 Å². The molecule has 0 radical (unpaired) electrons. The molecule has 1 aliphatic rings. The first-order valence-electron chi connectivity index (χ1n) is 9.93. The van der Waals surface area contributed by atoms with Gasteiger partial charge in [0.15, 0.2) is 0 Å². The molecule has 0 aromatic rings. The Hall–Kier alpha value is -0.0800. The summed E-state index contributed by atoms with van der Waals surface area (Å²) >= 11 is 0. The Bertz CT molecular complexity index is 250. The molecule has 2 heteroatoms. The summed E-state index contributed by atoms with van der Waals surface area (Å²) < 4.78 is 5.39. The molecule has 0 unspecified atom stereocenters. The zero-order valence-corrected chi connectivity index (χ0v) is 15.8. The van der Waals surface area contributed by atoms with Crippen LogP contribution in [0.5, 0.6) is 0 Å². The van der Waals surface area contributed by atoms with Gasteiger partial charge in [0, 0.05) is 25.2 Å². The minimum atomic E-state index is 0.404. The molecule has 1 fully saturated rings. The molecular weight excluding hydrogens is 270 g/mol. The molecule has 0 aromatic heterocycles. The second-order valence-corrected chi connectivity index (χ2v) is 7.54. The molecule has 1 saturated carbocycles. The standard InChI is InChI=1S/C20H41NO/c1-5-7-9-11-15-20(3,16-12-10-8-6-2)21(17-18-22-4)19-13-14-19/h19H,5-18H2,1-4H3. The third kappa shape index (κ3) is 7.46. The summed E-state index contributed by atoms with van der Waals surface area (Å²) in [6.45, 7) is 9.16. The SMILES string of the molecule is CCCCCCC(C)(CCCCCC)N(CCOC)C1CC1. The van der Waals surface area contributed by atoms with Crippen LogP contribution in [0.25, 0.3) is 0 Å². The summed E-state index contributed by atoms with van der Waals surface area (Å²) in [5.41, 5.74) is 0.404. The van der Waals surface area contributed by atoms with Crippen molar-refractivity contribution in [1.82, 2.24) is 4.90 Å². The summed E-state index contributed by atoms with van der Waals surface area (Å²) in [6, 6.07) is 0.845. The number of hydrogen-bond acceptors (Lipinski definition) is 2. The van der Waals surface area contributed by atoms with Crippen molar-refractivity contribution in [3.05, 3.63) is 0 Å². The molecule has 0 N–H and O–H groups in total. The Balaban J connectivity index is 2.55. The van der Waals surface area contributed by atoms with Gasteiger partial charge in [0.05, 0.1) is 6.61 Å². The van der Waals surface area contributed by atoms with Crippen molar-refractivity contribution in [2.24, 2.45) is 0 Å². The first kappa shape index (κ1) is 20.0. The molecule has 0 aromatic carbocycles. The van der Waals surface area contributed by atoms with Gasteiger partial charge < -0.3 is 4.74 Å². The second kappa shape index (κ2) is 11.5. The Morgan fingerprint density at radius 2 is 1.45 bits per heavy atom. The third-order valence-electron chi connectivity index (χ3n) is 5.36. The lowest BCUT2D eigenvalue weighted by Gasteiger charge is -2.42. The van der Waals surface area contributed by atoms with Crippen LogP contribution in [-0.2, 0) is 4.74 Å². The second-order valence-electron chi connectivity index (χ2n) is 7.54. The molecule has 132 valence electrons. The monoisotopic (exact) mass is 311 g/mol. The van der Waals surface area contributed by atoms with Gasteiger partial charge >= 0.3 is 0 Å². The largest absolute Gasteiger partial charge is 0.383 e. The molecule has 2 nitrogen and oxygen atoms in total. The van der Waals surface area contributed by atoms with E-state index in [1.54, 1.807) is 0 Å². The first-order chi connectivity index (χ1) is 10.7. The minimum Gasteiger partial charge on any atom is -0.383 e. The normalized spacial score (nSPS) is 15.7. The predicted molar refractivity (Wildman–Crippen MR) is 97.5 cm³/mol. The summed E-state index contributed by atoms with van der Waals surface area (Å²) in [5, 5.41) is 0. The topological polar surface area (TPSA) is 12.5 Å². The molecule has 0 amide bonds. The predicted octanol–water partition coefficient (Wildman–Crippen LogP) is 5.80. The van der Waals surface area contributed by atoms with Crippen molar-refractivity contribution in [2.45, 2.75) is 109 Å². The highest BCUT2D eigenvalue weighted by molar-refractivity contribution is 4.96.